The molecule has 5 nitrogen and oxygen atoms in total. The average molecular weight is 272 g/mol. The summed E-state index contributed by atoms with van der Waals surface area (Å²) >= 11 is 0. The second kappa shape index (κ2) is 6.11. The molecule has 1 aliphatic heterocycles. The van der Waals surface area contributed by atoms with E-state index in [9.17, 15) is 9.59 Å². The monoisotopic (exact) mass is 272 g/mol. The summed E-state index contributed by atoms with van der Waals surface area (Å²) in [6.07, 6.45) is 5.97. The molecular weight excluding hydrogens is 256 g/mol. The fraction of sp³-hybridized carbons (Fsp3) is 0.333. The number of amides is 2. The van der Waals surface area contributed by atoms with E-state index in [0.29, 0.717) is 13.1 Å². The number of aliphatic carboxylic acids is 1. The van der Waals surface area contributed by atoms with Crippen molar-refractivity contribution in [2.45, 2.75) is 13.0 Å². The van der Waals surface area contributed by atoms with Gasteiger partial charge in [-0.2, -0.15) is 0 Å². The Balaban J connectivity index is 2.10. The van der Waals surface area contributed by atoms with Crippen molar-refractivity contribution in [1.29, 1.82) is 0 Å². The third-order valence-corrected chi connectivity index (χ3v) is 3.28. The molecule has 5 heteroatoms. The number of carbonyl (C=O) groups is 2. The maximum Gasteiger partial charge on any atom is 0.323 e. The van der Waals surface area contributed by atoms with Crippen molar-refractivity contribution >= 4 is 12.0 Å². The molecule has 2 amide bonds. The Morgan fingerprint density at radius 1 is 1.35 bits per heavy atom. The third kappa shape index (κ3) is 3.09. The lowest BCUT2D eigenvalue weighted by atomic mass is 10.0. The highest BCUT2D eigenvalue weighted by atomic mass is 16.4. The molecule has 0 bridgehead atoms. The van der Waals surface area contributed by atoms with Crippen LogP contribution < -0.4 is 0 Å². The molecule has 0 saturated carbocycles. The van der Waals surface area contributed by atoms with E-state index in [-0.39, 0.29) is 19.1 Å². The summed E-state index contributed by atoms with van der Waals surface area (Å²) in [6.45, 7) is 0.705. The van der Waals surface area contributed by atoms with E-state index in [1.807, 2.05) is 24.3 Å². The third-order valence-electron chi connectivity index (χ3n) is 3.28. The smallest absolute Gasteiger partial charge is 0.323 e. The summed E-state index contributed by atoms with van der Waals surface area (Å²) in [6, 6.07) is 7.62. The Morgan fingerprint density at radius 3 is 2.70 bits per heavy atom. The maximum absolute atomic E-state index is 12.3. The van der Waals surface area contributed by atoms with Crippen LogP contribution in [0.1, 0.15) is 11.1 Å². The molecule has 1 heterocycles. The van der Waals surface area contributed by atoms with E-state index < -0.39 is 5.97 Å². The quantitative estimate of drug-likeness (QED) is 0.841. The zero-order chi connectivity index (χ0) is 14.5. The van der Waals surface area contributed by atoms with Gasteiger partial charge in [0.05, 0.1) is 6.54 Å². The summed E-state index contributed by atoms with van der Waals surface area (Å²) in [4.78, 5) is 25.9. The van der Waals surface area contributed by atoms with E-state index in [4.69, 9.17) is 11.5 Å². The van der Waals surface area contributed by atoms with E-state index >= 15 is 0 Å². The molecule has 1 aromatic carbocycles. The number of carboxylic acid groups (broad SMARTS) is 1. The summed E-state index contributed by atoms with van der Waals surface area (Å²) in [5, 5.41) is 8.83. The second-order valence-electron chi connectivity index (χ2n) is 4.68. The van der Waals surface area contributed by atoms with Crippen molar-refractivity contribution in [1.82, 2.24) is 9.80 Å². The van der Waals surface area contributed by atoms with Crippen molar-refractivity contribution in [3.63, 3.8) is 0 Å². The molecule has 2 rings (SSSR count). The standard InChI is InChI=1S/C15H16N2O3/c1-2-8-16(11-14(18)19)15(20)17-9-7-12-5-3-4-6-13(12)10-17/h1,3-6H,7-11H2,(H,18,19). The highest BCUT2D eigenvalue weighted by Gasteiger charge is 2.25. The fourth-order valence-electron chi connectivity index (χ4n) is 2.32. The first-order valence-corrected chi connectivity index (χ1v) is 6.37. The number of nitrogens with zero attached hydrogens (tertiary/aromatic N) is 2. The van der Waals surface area contributed by atoms with Gasteiger partial charge in [-0.05, 0) is 17.5 Å². The Kier molecular flexibility index (Phi) is 4.26. The summed E-state index contributed by atoms with van der Waals surface area (Å²) in [5.41, 5.74) is 2.33. The molecule has 1 N–H and O–H groups in total. The largest absolute Gasteiger partial charge is 0.480 e. The number of benzene rings is 1. The zero-order valence-electron chi connectivity index (χ0n) is 11.1. The highest BCUT2D eigenvalue weighted by molar-refractivity contribution is 5.80. The fourth-order valence-corrected chi connectivity index (χ4v) is 2.32. The molecule has 0 radical (unpaired) electrons. The number of rotatable bonds is 3. The Hall–Kier alpha value is -2.48. The van der Waals surface area contributed by atoms with Crippen LogP contribution in [0.5, 0.6) is 0 Å². The van der Waals surface area contributed by atoms with Crippen molar-refractivity contribution < 1.29 is 14.7 Å². The lowest BCUT2D eigenvalue weighted by molar-refractivity contribution is -0.137. The van der Waals surface area contributed by atoms with Gasteiger partial charge in [0.25, 0.3) is 0 Å². The van der Waals surface area contributed by atoms with Gasteiger partial charge in [-0.3, -0.25) is 4.79 Å². The summed E-state index contributed by atoms with van der Waals surface area (Å²) < 4.78 is 0. The topological polar surface area (TPSA) is 60.9 Å². The molecular formula is C15H16N2O3. The minimum atomic E-state index is -1.06. The predicted molar refractivity (Wildman–Crippen MR) is 74.0 cm³/mol. The first-order valence-electron chi connectivity index (χ1n) is 6.37. The van der Waals surface area contributed by atoms with Gasteiger partial charge in [0.1, 0.15) is 6.54 Å². The minimum Gasteiger partial charge on any atom is -0.480 e. The molecule has 1 aliphatic rings. The van der Waals surface area contributed by atoms with E-state index in [1.54, 1.807) is 4.90 Å². The number of hydrogen-bond donors (Lipinski definition) is 1. The number of carboxylic acids is 1. The summed E-state index contributed by atoms with van der Waals surface area (Å²) in [7, 11) is 0. The van der Waals surface area contributed by atoms with Crippen molar-refractivity contribution in [3.05, 3.63) is 35.4 Å². The Bertz CT molecular complexity index is 562. The van der Waals surface area contributed by atoms with Crippen LogP contribution in [0, 0.1) is 12.3 Å². The van der Waals surface area contributed by atoms with Gasteiger partial charge in [0.2, 0.25) is 0 Å². The summed E-state index contributed by atoms with van der Waals surface area (Å²) in [5.74, 6) is 1.26. The lowest BCUT2D eigenvalue weighted by Gasteiger charge is -2.32. The number of terminal acetylenes is 1. The van der Waals surface area contributed by atoms with Crippen LogP contribution in [0.3, 0.4) is 0 Å². The molecule has 1 aromatic rings. The molecule has 104 valence electrons. The van der Waals surface area contributed by atoms with Crippen LogP contribution in [0.15, 0.2) is 24.3 Å². The van der Waals surface area contributed by atoms with Crippen LogP contribution in [-0.2, 0) is 17.8 Å². The Morgan fingerprint density at radius 2 is 2.05 bits per heavy atom. The molecule has 0 aromatic heterocycles. The maximum atomic E-state index is 12.3. The molecule has 20 heavy (non-hydrogen) atoms. The minimum absolute atomic E-state index is 0.00325. The SMILES string of the molecule is C#CCN(CC(=O)O)C(=O)N1CCc2ccccc2C1. The second-order valence-corrected chi connectivity index (χ2v) is 4.68. The first-order chi connectivity index (χ1) is 9.61. The number of fused-ring (bicyclic) bond motifs is 1. The predicted octanol–water partition coefficient (Wildman–Crippen LogP) is 1.18. The van der Waals surface area contributed by atoms with Gasteiger partial charge in [0.15, 0.2) is 0 Å². The van der Waals surface area contributed by atoms with Gasteiger partial charge in [0, 0.05) is 13.1 Å². The number of hydrogen-bond acceptors (Lipinski definition) is 2. The molecule has 0 atom stereocenters. The van der Waals surface area contributed by atoms with E-state index in [0.717, 1.165) is 12.0 Å². The molecule has 0 unspecified atom stereocenters. The number of urea groups is 1. The van der Waals surface area contributed by atoms with Crippen LogP contribution in [0.2, 0.25) is 0 Å². The van der Waals surface area contributed by atoms with E-state index in [1.165, 1.54) is 10.5 Å². The van der Waals surface area contributed by atoms with Crippen molar-refractivity contribution in [2.24, 2.45) is 0 Å². The van der Waals surface area contributed by atoms with Gasteiger partial charge in [-0.15, -0.1) is 6.42 Å². The van der Waals surface area contributed by atoms with Crippen LogP contribution in [-0.4, -0.2) is 46.5 Å². The average Bonchev–Trinajstić information content (AvgIpc) is 2.45. The van der Waals surface area contributed by atoms with E-state index in [2.05, 4.69) is 5.92 Å². The first kappa shape index (κ1) is 13.9. The highest BCUT2D eigenvalue weighted by Crippen LogP contribution is 2.19. The van der Waals surface area contributed by atoms with Crippen LogP contribution in [0.25, 0.3) is 0 Å². The van der Waals surface area contributed by atoms with Gasteiger partial charge >= 0.3 is 12.0 Å². The zero-order valence-corrected chi connectivity index (χ0v) is 11.1. The normalized spacial score (nSPS) is 13.2. The van der Waals surface area contributed by atoms with Gasteiger partial charge < -0.3 is 14.9 Å². The molecule has 0 saturated heterocycles. The molecule has 0 spiro atoms. The van der Waals surface area contributed by atoms with Crippen molar-refractivity contribution in [2.75, 3.05) is 19.6 Å². The van der Waals surface area contributed by atoms with Gasteiger partial charge in [-0.25, -0.2) is 4.79 Å². The lowest BCUT2D eigenvalue weighted by Crippen LogP contribution is -2.47. The van der Waals surface area contributed by atoms with Crippen molar-refractivity contribution in [3.8, 4) is 12.3 Å². The molecule has 0 aliphatic carbocycles. The van der Waals surface area contributed by atoms with Crippen LogP contribution in [0.4, 0.5) is 4.79 Å². The van der Waals surface area contributed by atoms with Crippen LogP contribution >= 0.6 is 0 Å². The molecule has 0 fully saturated rings. The Labute approximate surface area is 117 Å². The number of carbonyl (C=O) groups excluding carboxylic acids is 1. The van der Waals surface area contributed by atoms with Gasteiger partial charge in [-0.1, -0.05) is 30.2 Å².